The van der Waals surface area contributed by atoms with Gasteiger partial charge >= 0.3 is 6.03 Å². The normalized spacial score (nSPS) is 11.5. The Kier molecular flexibility index (Phi) is 7.17. The average molecular weight is 355 g/mol. The van der Waals surface area contributed by atoms with Crippen molar-refractivity contribution in [1.82, 2.24) is 10.6 Å². The minimum Gasteiger partial charge on any atom is -0.394 e. The van der Waals surface area contributed by atoms with Crippen LogP contribution in [0.15, 0.2) is 48.5 Å². The van der Waals surface area contributed by atoms with Crippen LogP contribution in [-0.2, 0) is 0 Å². The first-order valence-corrected chi connectivity index (χ1v) is 8.67. The number of amides is 3. The highest BCUT2D eigenvalue weighted by molar-refractivity contribution is 5.97. The second-order valence-corrected chi connectivity index (χ2v) is 6.03. The maximum atomic E-state index is 12.3. The molecular formula is C20H25N3O3. The van der Waals surface area contributed by atoms with Crippen LogP contribution in [0.1, 0.15) is 40.9 Å². The molecule has 138 valence electrons. The molecule has 0 fully saturated rings. The van der Waals surface area contributed by atoms with Gasteiger partial charge in [-0.3, -0.25) is 4.79 Å². The van der Waals surface area contributed by atoms with Crippen LogP contribution in [0.2, 0.25) is 0 Å². The largest absolute Gasteiger partial charge is 0.394 e. The fourth-order valence-corrected chi connectivity index (χ4v) is 2.47. The van der Waals surface area contributed by atoms with Crippen molar-refractivity contribution >= 4 is 17.6 Å². The summed E-state index contributed by atoms with van der Waals surface area (Å²) in [6, 6.07) is 13.5. The fourth-order valence-electron chi connectivity index (χ4n) is 2.47. The first kappa shape index (κ1) is 19.5. The fraction of sp³-hybridized carbons (Fsp3) is 0.300. The molecule has 3 amide bonds. The lowest BCUT2D eigenvalue weighted by Gasteiger charge is -2.18. The number of rotatable bonds is 7. The third kappa shape index (κ3) is 5.32. The van der Waals surface area contributed by atoms with Gasteiger partial charge in [-0.2, -0.15) is 0 Å². The number of benzene rings is 2. The summed E-state index contributed by atoms with van der Waals surface area (Å²) in [4.78, 5) is 24.4. The Balaban J connectivity index is 2.07. The van der Waals surface area contributed by atoms with E-state index in [1.54, 1.807) is 18.2 Å². The summed E-state index contributed by atoms with van der Waals surface area (Å²) in [5, 5.41) is 17.9. The summed E-state index contributed by atoms with van der Waals surface area (Å²) < 4.78 is 0. The Bertz CT molecular complexity index is 747. The smallest absolute Gasteiger partial charge is 0.319 e. The van der Waals surface area contributed by atoms with Crippen LogP contribution in [0.3, 0.4) is 0 Å². The molecule has 26 heavy (non-hydrogen) atoms. The van der Waals surface area contributed by atoms with Crippen LogP contribution in [0.25, 0.3) is 0 Å². The van der Waals surface area contributed by atoms with E-state index < -0.39 is 12.1 Å². The summed E-state index contributed by atoms with van der Waals surface area (Å²) in [5.41, 5.74) is 2.69. The molecule has 0 heterocycles. The van der Waals surface area contributed by atoms with E-state index in [0.29, 0.717) is 17.8 Å². The Morgan fingerprint density at radius 2 is 1.85 bits per heavy atom. The van der Waals surface area contributed by atoms with Crippen molar-refractivity contribution in [3.05, 3.63) is 65.2 Å². The molecule has 6 nitrogen and oxygen atoms in total. The lowest BCUT2D eigenvalue weighted by Crippen LogP contribution is -2.34. The van der Waals surface area contributed by atoms with Crippen molar-refractivity contribution in [2.24, 2.45) is 0 Å². The number of aryl methyl sites for hydroxylation is 1. The van der Waals surface area contributed by atoms with Gasteiger partial charge in [-0.1, -0.05) is 43.3 Å². The first-order valence-electron chi connectivity index (χ1n) is 8.67. The van der Waals surface area contributed by atoms with E-state index in [1.807, 2.05) is 44.2 Å². The molecule has 2 aromatic carbocycles. The Labute approximate surface area is 153 Å². The highest BCUT2D eigenvalue weighted by Gasteiger charge is 2.15. The number of aliphatic hydroxyl groups is 1. The SMILES string of the molecule is CCCNC(=O)c1ccc(C)c(NC(=O)N[C@@H](CO)c2ccccc2)c1. The third-order valence-electron chi connectivity index (χ3n) is 3.97. The monoisotopic (exact) mass is 355 g/mol. The van der Waals surface area contributed by atoms with Gasteiger partial charge in [0.15, 0.2) is 0 Å². The first-order chi connectivity index (χ1) is 12.5. The second-order valence-electron chi connectivity index (χ2n) is 6.03. The van der Waals surface area contributed by atoms with Crippen molar-refractivity contribution in [1.29, 1.82) is 0 Å². The van der Waals surface area contributed by atoms with Gasteiger partial charge in [0.25, 0.3) is 5.91 Å². The summed E-state index contributed by atoms with van der Waals surface area (Å²) >= 11 is 0. The summed E-state index contributed by atoms with van der Waals surface area (Å²) in [6.07, 6.45) is 0.854. The second kappa shape index (κ2) is 9.58. The molecule has 1 atom stereocenters. The van der Waals surface area contributed by atoms with Crippen LogP contribution in [0, 0.1) is 6.92 Å². The zero-order chi connectivity index (χ0) is 18.9. The highest BCUT2D eigenvalue weighted by atomic mass is 16.3. The molecule has 2 rings (SSSR count). The molecule has 0 aliphatic carbocycles. The van der Waals surface area contributed by atoms with Gasteiger partial charge in [0.2, 0.25) is 0 Å². The zero-order valence-electron chi connectivity index (χ0n) is 15.1. The molecular weight excluding hydrogens is 330 g/mol. The standard InChI is InChI=1S/C20H25N3O3/c1-3-11-21-19(25)16-10-9-14(2)17(12-16)22-20(26)23-18(13-24)15-7-5-4-6-8-15/h4-10,12,18,24H,3,11,13H2,1-2H3,(H,21,25)(H2,22,23,26)/t18-/m0/s1. The Hall–Kier alpha value is -2.86. The quantitative estimate of drug-likeness (QED) is 0.615. The maximum Gasteiger partial charge on any atom is 0.319 e. The van der Waals surface area contributed by atoms with E-state index in [9.17, 15) is 14.7 Å². The molecule has 0 spiro atoms. The molecule has 6 heteroatoms. The van der Waals surface area contributed by atoms with E-state index in [1.165, 1.54) is 0 Å². The van der Waals surface area contributed by atoms with Crippen LogP contribution in [0.5, 0.6) is 0 Å². The van der Waals surface area contributed by atoms with Crippen LogP contribution in [0.4, 0.5) is 10.5 Å². The summed E-state index contributed by atoms with van der Waals surface area (Å²) in [7, 11) is 0. The van der Waals surface area contributed by atoms with Crippen molar-refractivity contribution in [3.63, 3.8) is 0 Å². The maximum absolute atomic E-state index is 12.3. The van der Waals surface area contributed by atoms with Gasteiger partial charge in [-0.15, -0.1) is 0 Å². The van der Waals surface area contributed by atoms with E-state index in [-0.39, 0.29) is 12.5 Å². The number of aliphatic hydroxyl groups excluding tert-OH is 1. The number of nitrogens with one attached hydrogen (secondary N) is 3. The van der Waals surface area contributed by atoms with Gasteiger partial charge in [0.05, 0.1) is 12.6 Å². The zero-order valence-corrected chi connectivity index (χ0v) is 15.1. The van der Waals surface area contributed by atoms with E-state index >= 15 is 0 Å². The van der Waals surface area contributed by atoms with Gasteiger partial charge in [-0.05, 0) is 36.6 Å². The molecule has 4 N–H and O–H groups in total. The van der Waals surface area contributed by atoms with Crippen molar-refractivity contribution in [2.75, 3.05) is 18.5 Å². The molecule has 2 aromatic rings. The van der Waals surface area contributed by atoms with Crippen LogP contribution in [-0.4, -0.2) is 30.2 Å². The van der Waals surface area contributed by atoms with Crippen molar-refractivity contribution in [2.45, 2.75) is 26.3 Å². The number of hydrogen-bond acceptors (Lipinski definition) is 3. The van der Waals surface area contributed by atoms with Crippen molar-refractivity contribution in [3.8, 4) is 0 Å². The number of urea groups is 1. The minimum atomic E-state index is -0.507. The molecule has 0 saturated heterocycles. The predicted octanol–water partition coefficient (Wildman–Crippen LogP) is 2.99. The average Bonchev–Trinajstić information content (AvgIpc) is 2.66. The van der Waals surface area contributed by atoms with E-state index in [2.05, 4.69) is 16.0 Å². The molecule has 0 unspecified atom stereocenters. The minimum absolute atomic E-state index is 0.173. The highest BCUT2D eigenvalue weighted by Crippen LogP contribution is 2.18. The van der Waals surface area contributed by atoms with Crippen LogP contribution >= 0.6 is 0 Å². The van der Waals surface area contributed by atoms with Crippen molar-refractivity contribution < 1.29 is 14.7 Å². The van der Waals surface area contributed by atoms with Gasteiger partial charge in [0, 0.05) is 17.8 Å². The Morgan fingerprint density at radius 3 is 2.50 bits per heavy atom. The summed E-state index contributed by atoms with van der Waals surface area (Å²) in [6.45, 7) is 4.22. The van der Waals surface area contributed by atoms with Gasteiger partial charge in [-0.25, -0.2) is 4.79 Å². The van der Waals surface area contributed by atoms with Gasteiger partial charge in [0.1, 0.15) is 0 Å². The van der Waals surface area contributed by atoms with E-state index in [4.69, 9.17) is 0 Å². The third-order valence-corrected chi connectivity index (χ3v) is 3.97. The lowest BCUT2D eigenvalue weighted by atomic mass is 10.1. The molecule has 0 aliphatic heterocycles. The molecule has 0 bridgehead atoms. The van der Waals surface area contributed by atoms with E-state index in [0.717, 1.165) is 17.5 Å². The predicted molar refractivity (Wildman–Crippen MR) is 102 cm³/mol. The molecule has 0 aliphatic rings. The lowest BCUT2D eigenvalue weighted by molar-refractivity contribution is 0.0953. The number of anilines is 1. The number of carbonyl (C=O) groups excluding carboxylic acids is 2. The summed E-state index contributed by atoms with van der Waals surface area (Å²) in [5.74, 6) is -0.173. The molecule has 0 radical (unpaired) electrons. The molecule has 0 aromatic heterocycles. The Morgan fingerprint density at radius 1 is 1.12 bits per heavy atom. The topological polar surface area (TPSA) is 90.5 Å². The number of hydrogen-bond donors (Lipinski definition) is 4. The molecule has 0 saturated carbocycles. The number of carbonyl (C=O) groups is 2. The van der Waals surface area contributed by atoms with Gasteiger partial charge < -0.3 is 21.1 Å². The van der Waals surface area contributed by atoms with Crippen LogP contribution < -0.4 is 16.0 Å².